The van der Waals surface area contributed by atoms with E-state index >= 15 is 0 Å². The molecule has 592 valence electrons. The Bertz CT molecular complexity index is 2500. The number of carboxylic acid groups (broad SMARTS) is 1. The third kappa shape index (κ3) is 85.0. The Kier molecular flexibility index (Phi) is 78.6. The molecule has 0 rings (SSSR count). The Balaban J connectivity index is 4.08. The first kappa shape index (κ1) is 98.9. The SMILES string of the molecule is CC/C=C\C/C=C\C/C=C\C/C=C\C/C=C\C/C=C\C/C=C\C/C=C\C/C=C\C/C=C\CCCCCCCCCCC(=O)OC(COC(=O)CCCCCCCCCCCCCCCCCCCCC/C=C\C/C=C\C/C=C\C/C=C\C/C=C\C/C=C\C/C=C\CC)COC(OCC[N+](C)(C)C)C(=O)O. The van der Waals surface area contributed by atoms with Gasteiger partial charge in [0.25, 0.3) is 6.29 Å². The van der Waals surface area contributed by atoms with Crippen LogP contribution in [0, 0.1) is 0 Å². The molecule has 1 N–H and O–H groups in total. The predicted octanol–water partition coefficient (Wildman–Crippen LogP) is 27.8. The maximum Gasteiger partial charge on any atom is 0.361 e. The number of allylic oxidation sites excluding steroid dienone is 34. The van der Waals surface area contributed by atoms with Gasteiger partial charge < -0.3 is 28.5 Å². The van der Waals surface area contributed by atoms with Crippen molar-refractivity contribution in [3.8, 4) is 0 Å². The fraction of sp³-hybridized carbons (Fsp3) is 0.615. The highest BCUT2D eigenvalue weighted by Gasteiger charge is 2.25. The van der Waals surface area contributed by atoms with Crippen LogP contribution < -0.4 is 0 Å². The lowest BCUT2D eigenvalue weighted by molar-refractivity contribution is -0.870. The molecule has 0 aliphatic carbocycles. The highest BCUT2D eigenvalue weighted by atomic mass is 16.7. The van der Waals surface area contributed by atoms with Crippen molar-refractivity contribution in [1.29, 1.82) is 0 Å². The summed E-state index contributed by atoms with van der Waals surface area (Å²) in [6, 6.07) is 0. The molecular formula is C96H156NO8+. The van der Waals surface area contributed by atoms with E-state index in [1.165, 1.54) is 135 Å². The lowest BCUT2D eigenvalue weighted by Gasteiger charge is -2.25. The van der Waals surface area contributed by atoms with Crippen molar-refractivity contribution in [3.63, 3.8) is 0 Å². The summed E-state index contributed by atoms with van der Waals surface area (Å²) >= 11 is 0. The van der Waals surface area contributed by atoms with Gasteiger partial charge in [-0.3, -0.25) is 9.59 Å². The van der Waals surface area contributed by atoms with Crippen LogP contribution in [0.25, 0.3) is 0 Å². The molecule has 0 spiro atoms. The zero-order valence-electron chi connectivity index (χ0n) is 67.8. The van der Waals surface area contributed by atoms with Crippen molar-refractivity contribution in [1.82, 2.24) is 0 Å². The summed E-state index contributed by atoms with van der Waals surface area (Å²) in [4.78, 5) is 37.8. The molecule has 9 nitrogen and oxygen atoms in total. The van der Waals surface area contributed by atoms with Crippen LogP contribution >= 0.6 is 0 Å². The third-order valence-corrected chi connectivity index (χ3v) is 17.5. The Hall–Kier alpha value is -6.13. The number of aliphatic carboxylic acids is 1. The third-order valence-electron chi connectivity index (χ3n) is 17.5. The van der Waals surface area contributed by atoms with E-state index in [-0.39, 0.29) is 32.2 Å². The maximum absolute atomic E-state index is 13.0. The summed E-state index contributed by atoms with van der Waals surface area (Å²) in [6.07, 6.45) is 127. The molecule has 0 radical (unpaired) electrons. The number of carbonyl (C=O) groups is 3. The molecule has 0 aromatic heterocycles. The number of ether oxygens (including phenoxy) is 4. The van der Waals surface area contributed by atoms with Crippen molar-refractivity contribution in [2.24, 2.45) is 0 Å². The van der Waals surface area contributed by atoms with Gasteiger partial charge in [0.2, 0.25) is 0 Å². The van der Waals surface area contributed by atoms with E-state index in [0.717, 1.165) is 154 Å². The van der Waals surface area contributed by atoms with Crippen molar-refractivity contribution in [3.05, 3.63) is 207 Å². The Morgan fingerprint density at radius 3 is 0.762 bits per heavy atom. The number of rotatable bonds is 76. The first-order chi connectivity index (χ1) is 51.6. The van der Waals surface area contributed by atoms with Gasteiger partial charge in [0.15, 0.2) is 6.10 Å². The van der Waals surface area contributed by atoms with Crippen LogP contribution in [0.2, 0.25) is 0 Å². The highest BCUT2D eigenvalue weighted by molar-refractivity contribution is 5.71. The lowest BCUT2D eigenvalue weighted by atomic mass is 10.0. The second-order valence-electron chi connectivity index (χ2n) is 28.7. The zero-order chi connectivity index (χ0) is 76.0. The van der Waals surface area contributed by atoms with Gasteiger partial charge in [-0.2, -0.15) is 0 Å². The van der Waals surface area contributed by atoms with Crippen LogP contribution in [0.5, 0.6) is 0 Å². The minimum absolute atomic E-state index is 0.178. The zero-order valence-corrected chi connectivity index (χ0v) is 67.8. The molecule has 9 heteroatoms. The van der Waals surface area contributed by atoms with E-state index in [2.05, 4.69) is 220 Å². The molecule has 105 heavy (non-hydrogen) atoms. The summed E-state index contributed by atoms with van der Waals surface area (Å²) < 4.78 is 23.0. The van der Waals surface area contributed by atoms with Gasteiger partial charge in [0, 0.05) is 12.8 Å². The quantitative estimate of drug-likeness (QED) is 0.0211. The van der Waals surface area contributed by atoms with Gasteiger partial charge >= 0.3 is 17.9 Å². The van der Waals surface area contributed by atoms with Crippen LogP contribution in [0.3, 0.4) is 0 Å². The number of carbonyl (C=O) groups excluding carboxylic acids is 2. The fourth-order valence-corrected chi connectivity index (χ4v) is 11.2. The molecule has 0 amide bonds. The summed E-state index contributed by atoms with van der Waals surface area (Å²) in [5.74, 6) is -2.02. The molecule has 2 unspecified atom stereocenters. The number of carboxylic acids is 1. The molecular weight excluding hydrogens is 1300 g/mol. The van der Waals surface area contributed by atoms with Crippen molar-refractivity contribution < 1.29 is 42.9 Å². The van der Waals surface area contributed by atoms with Crippen LogP contribution in [0.15, 0.2) is 207 Å². The van der Waals surface area contributed by atoms with Crippen LogP contribution in [-0.4, -0.2) is 87.4 Å². The van der Waals surface area contributed by atoms with Crippen LogP contribution in [0.4, 0.5) is 0 Å². The van der Waals surface area contributed by atoms with Gasteiger partial charge in [-0.25, -0.2) is 4.79 Å². The van der Waals surface area contributed by atoms with E-state index in [1.807, 2.05) is 21.1 Å². The number of hydrogen-bond acceptors (Lipinski definition) is 7. The predicted molar refractivity (Wildman–Crippen MR) is 455 cm³/mol. The van der Waals surface area contributed by atoms with Gasteiger partial charge in [0.1, 0.15) is 13.2 Å². The van der Waals surface area contributed by atoms with E-state index in [1.54, 1.807) is 0 Å². The molecule has 0 aliphatic rings. The fourth-order valence-electron chi connectivity index (χ4n) is 11.2. The molecule has 0 fully saturated rings. The van der Waals surface area contributed by atoms with E-state index in [4.69, 9.17) is 18.9 Å². The first-order valence-electron chi connectivity index (χ1n) is 42.2. The number of quaternary nitrogens is 1. The van der Waals surface area contributed by atoms with E-state index in [9.17, 15) is 19.5 Å². The second kappa shape index (κ2) is 83.5. The van der Waals surface area contributed by atoms with Crippen molar-refractivity contribution in [2.75, 3.05) is 47.5 Å². The van der Waals surface area contributed by atoms with Gasteiger partial charge in [0.05, 0.1) is 34.4 Å². The Morgan fingerprint density at radius 1 is 0.286 bits per heavy atom. The highest BCUT2D eigenvalue weighted by Crippen LogP contribution is 2.18. The minimum atomic E-state index is -1.52. The topological polar surface area (TPSA) is 108 Å². The summed E-state index contributed by atoms with van der Waals surface area (Å²) in [7, 11) is 5.97. The number of hydrogen-bond donors (Lipinski definition) is 1. The van der Waals surface area contributed by atoms with Gasteiger partial charge in [-0.05, 0) is 148 Å². The smallest absolute Gasteiger partial charge is 0.361 e. The maximum atomic E-state index is 13.0. The number of unbranched alkanes of at least 4 members (excludes halogenated alkanes) is 27. The molecule has 0 saturated heterocycles. The van der Waals surface area contributed by atoms with Crippen LogP contribution in [-0.2, 0) is 33.3 Å². The molecule has 0 aromatic rings. The summed E-state index contributed by atoms with van der Waals surface area (Å²) in [5.41, 5.74) is 0. The minimum Gasteiger partial charge on any atom is -0.477 e. The normalized spacial score (nSPS) is 13.7. The first-order valence-corrected chi connectivity index (χ1v) is 42.2. The average Bonchev–Trinajstić information content (AvgIpc) is 1.97. The van der Waals surface area contributed by atoms with Crippen LogP contribution in [0.1, 0.15) is 322 Å². The number of likely N-dealkylation sites (N-methyl/N-ethyl adjacent to an activating group) is 1. The van der Waals surface area contributed by atoms with Crippen molar-refractivity contribution >= 4 is 17.9 Å². The monoisotopic (exact) mass is 1450 g/mol. The molecule has 0 bridgehead atoms. The standard InChI is InChI=1S/C96H155NO8/c1-6-8-10-12-14-16-18-20-22-24-26-28-30-32-34-36-38-40-42-44-46-47-49-50-52-54-56-58-60-62-64-66-68-70-72-74-76-78-80-82-84-86-93(98)103-90-92(91-104-96(95(100)101)102-89-88-97(3,4)5)105-94(99)87-85-83-81-79-77-75-73-71-69-67-65-63-61-59-57-55-53-51-48-45-43-41-39-37-35-33-31-29-27-25-23-21-19-17-15-13-11-9-7-2/h8-11,14-17,20-23,26-29,32-35,38-41,44-46,48,53,55,59,61,65,67,92,96H,6-7,12-13,18-19,24-25,30-31,36-37,42-43,47,49-52,54,56-58,60,62-64,66,68-91H2,1-5H3/p+1/b10-8-,11-9-,16-14-,17-15-,22-20-,23-21-,28-26-,29-27-,34-32-,35-33-,40-38-,41-39-,46-44-,48-45-,55-53-,61-59-,67-65-. The largest absolute Gasteiger partial charge is 0.477 e. The molecule has 0 heterocycles. The Labute approximate surface area is 645 Å². The molecule has 0 aromatic carbocycles. The summed E-state index contributed by atoms with van der Waals surface area (Å²) in [5, 5.41) is 9.79. The van der Waals surface area contributed by atoms with Crippen molar-refractivity contribution in [2.45, 2.75) is 334 Å². The average molecular weight is 1450 g/mol. The number of nitrogens with zero attached hydrogens (tertiary/aromatic N) is 1. The Morgan fingerprint density at radius 2 is 0.514 bits per heavy atom. The molecule has 2 atom stereocenters. The second-order valence-corrected chi connectivity index (χ2v) is 28.7. The summed E-state index contributed by atoms with van der Waals surface area (Å²) in [6.45, 7) is 4.64. The lowest BCUT2D eigenvalue weighted by Crippen LogP contribution is -2.40. The van der Waals surface area contributed by atoms with E-state index in [0.29, 0.717) is 23.9 Å². The number of esters is 2. The van der Waals surface area contributed by atoms with Gasteiger partial charge in [-0.15, -0.1) is 0 Å². The van der Waals surface area contributed by atoms with E-state index < -0.39 is 24.3 Å². The molecule has 0 aliphatic heterocycles. The molecule has 0 saturated carbocycles. The van der Waals surface area contributed by atoms with Gasteiger partial charge in [-0.1, -0.05) is 368 Å².